The molecule has 2 aromatic rings. The molecule has 1 aliphatic rings. The maximum absolute atomic E-state index is 12.0. The van der Waals surface area contributed by atoms with Crippen LogP contribution >= 0.6 is 0 Å². The van der Waals surface area contributed by atoms with Crippen molar-refractivity contribution in [1.29, 1.82) is 0 Å². The number of hydrogen-bond donors (Lipinski definition) is 1. The summed E-state index contributed by atoms with van der Waals surface area (Å²) in [6.07, 6.45) is 0.835. The normalized spacial score (nSPS) is 12.9. The van der Waals surface area contributed by atoms with Gasteiger partial charge in [-0.2, -0.15) is 0 Å². The molecule has 0 atom stereocenters. The highest BCUT2D eigenvalue weighted by Gasteiger charge is 2.27. The van der Waals surface area contributed by atoms with E-state index in [1.165, 1.54) is 6.07 Å². The molecular weight excluding hydrogens is 294 g/mol. The molecule has 0 radical (unpaired) electrons. The lowest BCUT2D eigenvalue weighted by molar-refractivity contribution is -0.120. The zero-order valence-corrected chi connectivity index (χ0v) is 12.2. The highest BCUT2D eigenvalue weighted by atomic mass is 16.4. The molecule has 23 heavy (non-hydrogen) atoms. The van der Waals surface area contributed by atoms with Crippen LogP contribution in [0.25, 0.3) is 0 Å². The van der Waals surface area contributed by atoms with Crippen LogP contribution < -0.4 is 10.9 Å². The fourth-order valence-electron chi connectivity index (χ4n) is 2.45. The van der Waals surface area contributed by atoms with E-state index in [0.29, 0.717) is 18.4 Å². The Kier molecular flexibility index (Phi) is 4.07. The third-order valence-corrected chi connectivity index (χ3v) is 3.44. The minimum absolute atomic E-state index is 0.0974. The van der Waals surface area contributed by atoms with Gasteiger partial charge in [0.25, 0.3) is 5.91 Å². The topological polar surface area (TPSA) is 76.4 Å². The molecule has 1 N–H and O–H groups in total. The number of nitrogens with one attached hydrogen (secondary N) is 1. The number of hydrogen-bond acceptors (Lipinski definition) is 4. The van der Waals surface area contributed by atoms with Crippen LogP contribution in [0.1, 0.15) is 33.7 Å². The minimum Gasteiger partial charge on any atom is -0.426 e. The van der Waals surface area contributed by atoms with Crippen molar-refractivity contribution in [2.24, 2.45) is 0 Å². The Morgan fingerprint density at radius 3 is 2.70 bits per heavy atom. The van der Waals surface area contributed by atoms with Gasteiger partial charge in [0, 0.05) is 18.1 Å². The average molecular weight is 307 g/mol. The van der Waals surface area contributed by atoms with Crippen LogP contribution in [0.2, 0.25) is 0 Å². The van der Waals surface area contributed by atoms with E-state index in [4.69, 9.17) is 4.42 Å². The summed E-state index contributed by atoms with van der Waals surface area (Å²) in [5, 5.41) is 2.24. The van der Waals surface area contributed by atoms with Crippen molar-refractivity contribution in [2.45, 2.75) is 19.3 Å². The molecule has 0 aliphatic carbocycles. The van der Waals surface area contributed by atoms with Gasteiger partial charge in [-0.15, -0.1) is 0 Å². The lowest BCUT2D eigenvalue weighted by atomic mass is 9.98. The van der Waals surface area contributed by atoms with Crippen LogP contribution in [0.5, 0.6) is 0 Å². The molecule has 5 nitrogen and oxygen atoms in total. The fraction of sp³-hybridized carbons (Fsp3) is 0.167. The zero-order valence-electron chi connectivity index (χ0n) is 12.2. The van der Waals surface area contributed by atoms with Crippen LogP contribution in [0.4, 0.5) is 0 Å². The Hall–Kier alpha value is -3.13. The molecule has 1 aliphatic heterocycles. The van der Waals surface area contributed by atoms with E-state index in [1.807, 2.05) is 30.3 Å². The molecule has 2 heterocycles. The van der Waals surface area contributed by atoms with Gasteiger partial charge in [0.15, 0.2) is 0 Å². The molecule has 114 valence electrons. The number of amides is 2. The minimum atomic E-state index is -0.558. The number of fused-ring (bicyclic) bond motifs is 1. The SMILES string of the molecule is O=C1Cc2oc(=O)cc(CCC#Cc3ccccc3)c2C(=O)N1. The van der Waals surface area contributed by atoms with E-state index in [2.05, 4.69) is 17.2 Å². The lowest BCUT2D eigenvalue weighted by Gasteiger charge is -2.16. The fourth-order valence-corrected chi connectivity index (χ4v) is 2.45. The summed E-state index contributed by atoms with van der Waals surface area (Å²) >= 11 is 0. The van der Waals surface area contributed by atoms with Gasteiger partial charge in [-0.1, -0.05) is 30.0 Å². The number of aryl methyl sites for hydroxylation is 1. The Bertz CT molecular complexity index is 885. The van der Waals surface area contributed by atoms with Crippen LogP contribution in [-0.4, -0.2) is 11.8 Å². The van der Waals surface area contributed by atoms with Gasteiger partial charge < -0.3 is 4.42 Å². The van der Waals surface area contributed by atoms with E-state index in [0.717, 1.165) is 5.56 Å². The van der Waals surface area contributed by atoms with Gasteiger partial charge in [0.1, 0.15) is 5.76 Å². The molecule has 0 spiro atoms. The van der Waals surface area contributed by atoms with Crippen molar-refractivity contribution in [3.05, 3.63) is 69.3 Å². The second kappa shape index (κ2) is 6.32. The molecule has 1 aromatic carbocycles. The highest BCUT2D eigenvalue weighted by molar-refractivity contribution is 6.09. The lowest BCUT2D eigenvalue weighted by Crippen LogP contribution is -2.38. The first-order valence-electron chi connectivity index (χ1n) is 7.17. The Morgan fingerprint density at radius 2 is 1.91 bits per heavy atom. The molecule has 2 amide bonds. The summed E-state index contributed by atoms with van der Waals surface area (Å²) in [6, 6.07) is 10.8. The monoisotopic (exact) mass is 307 g/mol. The van der Waals surface area contributed by atoms with Gasteiger partial charge in [0.2, 0.25) is 5.91 Å². The first kappa shape index (κ1) is 14.8. The number of benzene rings is 1. The molecule has 0 unspecified atom stereocenters. The van der Waals surface area contributed by atoms with Crippen molar-refractivity contribution in [3.8, 4) is 11.8 Å². The van der Waals surface area contributed by atoms with Crippen molar-refractivity contribution in [2.75, 3.05) is 0 Å². The van der Waals surface area contributed by atoms with Crippen LogP contribution in [0.3, 0.4) is 0 Å². The predicted molar refractivity (Wildman–Crippen MR) is 82.8 cm³/mol. The quantitative estimate of drug-likeness (QED) is 0.673. The van der Waals surface area contributed by atoms with Crippen LogP contribution in [-0.2, 0) is 17.6 Å². The number of carbonyl (C=O) groups is 2. The molecular formula is C18H13NO4. The van der Waals surface area contributed by atoms with Gasteiger partial charge >= 0.3 is 5.63 Å². The Balaban J connectivity index is 1.81. The summed E-state index contributed by atoms with van der Waals surface area (Å²) in [4.78, 5) is 34.9. The standard InChI is InChI=1S/C18H13NO4/c20-15-11-14-17(18(22)19-15)13(10-16(21)23-14)9-5-4-8-12-6-2-1-3-7-12/h1-3,6-7,10H,5,9,11H2,(H,19,20,22). The second-order valence-electron chi connectivity index (χ2n) is 5.11. The van der Waals surface area contributed by atoms with Gasteiger partial charge in [0.05, 0.1) is 12.0 Å². The summed E-state index contributed by atoms with van der Waals surface area (Å²) < 4.78 is 4.98. The van der Waals surface area contributed by atoms with Gasteiger partial charge in [-0.25, -0.2) is 4.79 Å². The van der Waals surface area contributed by atoms with E-state index in [1.54, 1.807) is 0 Å². The Morgan fingerprint density at radius 1 is 1.13 bits per heavy atom. The van der Waals surface area contributed by atoms with Crippen LogP contribution in [0.15, 0.2) is 45.6 Å². The van der Waals surface area contributed by atoms with Gasteiger partial charge in [-0.3, -0.25) is 14.9 Å². The third kappa shape index (κ3) is 3.38. The highest BCUT2D eigenvalue weighted by Crippen LogP contribution is 2.18. The molecule has 0 saturated carbocycles. The van der Waals surface area contributed by atoms with Crippen molar-refractivity contribution >= 4 is 11.8 Å². The maximum atomic E-state index is 12.0. The van der Waals surface area contributed by atoms with E-state index < -0.39 is 17.4 Å². The average Bonchev–Trinajstić information content (AvgIpc) is 2.51. The molecule has 1 aromatic heterocycles. The van der Waals surface area contributed by atoms with Crippen molar-refractivity contribution in [1.82, 2.24) is 5.32 Å². The molecule has 0 saturated heterocycles. The van der Waals surface area contributed by atoms with E-state index >= 15 is 0 Å². The first-order valence-corrected chi connectivity index (χ1v) is 7.17. The summed E-state index contributed by atoms with van der Waals surface area (Å²) in [7, 11) is 0. The smallest absolute Gasteiger partial charge is 0.336 e. The molecule has 3 rings (SSSR count). The Labute approximate surface area is 132 Å². The predicted octanol–water partition coefficient (Wildman–Crippen LogP) is 1.44. The largest absolute Gasteiger partial charge is 0.426 e. The first-order chi connectivity index (χ1) is 11.1. The maximum Gasteiger partial charge on any atom is 0.336 e. The second-order valence-corrected chi connectivity index (χ2v) is 5.11. The van der Waals surface area contributed by atoms with Crippen molar-refractivity contribution in [3.63, 3.8) is 0 Å². The van der Waals surface area contributed by atoms with E-state index in [9.17, 15) is 14.4 Å². The zero-order chi connectivity index (χ0) is 16.2. The third-order valence-electron chi connectivity index (χ3n) is 3.44. The number of rotatable bonds is 2. The van der Waals surface area contributed by atoms with E-state index in [-0.39, 0.29) is 17.7 Å². The molecule has 0 fully saturated rings. The number of carbonyl (C=O) groups excluding carboxylic acids is 2. The summed E-state index contributed by atoms with van der Waals surface area (Å²) in [6.45, 7) is 0. The molecule has 5 heteroatoms. The van der Waals surface area contributed by atoms with Gasteiger partial charge in [-0.05, 0) is 24.1 Å². The summed E-state index contributed by atoms with van der Waals surface area (Å²) in [5.41, 5.74) is 1.19. The summed E-state index contributed by atoms with van der Waals surface area (Å²) in [5.74, 6) is 5.19. The van der Waals surface area contributed by atoms with Crippen LogP contribution in [0, 0.1) is 11.8 Å². The number of imide groups is 1. The van der Waals surface area contributed by atoms with Crippen molar-refractivity contribution < 1.29 is 14.0 Å². The molecule has 0 bridgehead atoms.